The molecule has 1 aromatic heterocycles. The van der Waals surface area contributed by atoms with Gasteiger partial charge in [-0.05, 0) is 91.3 Å². The van der Waals surface area contributed by atoms with Gasteiger partial charge in [-0.2, -0.15) is 0 Å². The van der Waals surface area contributed by atoms with Crippen LogP contribution in [-0.2, 0) is 9.53 Å². The first-order valence-corrected chi connectivity index (χ1v) is 14.4. The van der Waals surface area contributed by atoms with Crippen LogP contribution in [0.3, 0.4) is 0 Å². The first-order chi connectivity index (χ1) is 17.2. The summed E-state index contributed by atoms with van der Waals surface area (Å²) in [5.74, 6) is 0.281. The summed E-state index contributed by atoms with van der Waals surface area (Å²) in [5, 5.41) is 0. The quantitative estimate of drug-likeness (QED) is 0.285. The van der Waals surface area contributed by atoms with Crippen molar-refractivity contribution in [2.45, 2.75) is 44.7 Å². The largest absolute Gasteiger partial charge is 0.493 e. The van der Waals surface area contributed by atoms with Crippen molar-refractivity contribution in [3.63, 3.8) is 0 Å². The van der Waals surface area contributed by atoms with Gasteiger partial charge in [0.2, 0.25) is 0 Å². The van der Waals surface area contributed by atoms with Crippen molar-refractivity contribution in [2.75, 3.05) is 12.9 Å². The number of aromatic nitrogens is 1. The Labute approximate surface area is 226 Å². The van der Waals surface area contributed by atoms with Crippen LogP contribution in [0.25, 0.3) is 6.08 Å². The molecule has 0 aliphatic carbocycles. The van der Waals surface area contributed by atoms with E-state index < -0.39 is 12.0 Å². The molecule has 0 bridgehead atoms. The number of hydrogen-bond acceptors (Lipinski definition) is 7. The normalized spacial score (nSPS) is 15.6. The number of rotatable bonds is 7. The third-order valence-corrected chi connectivity index (χ3v) is 7.92. The highest BCUT2D eigenvalue weighted by Gasteiger charge is 2.33. The first-order valence-electron chi connectivity index (χ1n) is 11.5. The fraction of sp³-hybridized carbons (Fsp3) is 0.296. The average Bonchev–Trinajstić information content (AvgIpc) is 3.14. The Hall–Kier alpha value is -2.62. The molecule has 9 heteroatoms. The zero-order chi connectivity index (χ0) is 26.0. The number of carbonyl (C=O) groups excluding carboxylic acids is 1. The fourth-order valence-electron chi connectivity index (χ4n) is 3.99. The molecule has 0 spiro atoms. The van der Waals surface area contributed by atoms with E-state index in [0.29, 0.717) is 27.2 Å². The molecule has 0 N–H and O–H groups in total. The van der Waals surface area contributed by atoms with E-state index in [0.717, 1.165) is 26.2 Å². The smallest absolute Gasteiger partial charge is 0.338 e. The number of thioether (sulfide) groups is 1. The van der Waals surface area contributed by atoms with Crippen molar-refractivity contribution in [1.29, 1.82) is 0 Å². The second-order valence-corrected chi connectivity index (χ2v) is 11.2. The monoisotopic (exact) mass is 586 g/mol. The third-order valence-electron chi connectivity index (χ3n) is 5.57. The van der Waals surface area contributed by atoms with Gasteiger partial charge in [0.05, 0.1) is 39.0 Å². The summed E-state index contributed by atoms with van der Waals surface area (Å²) in [7, 11) is 0. The van der Waals surface area contributed by atoms with Gasteiger partial charge in [-0.25, -0.2) is 9.79 Å². The Bertz CT molecular complexity index is 1500. The van der Waals surface area contributed by atoms with E-state index in [1.54, 1.807) is 37.1 Å². The van der Waals surface area contributed by atoms with E-state index in [1.165, 1.54) is 11.3 Å². The summed E-state index contributed by atoms with van der Waals surface area (Å²) in [5.41, 5.74) is 2.41. The number of thiazole rings is 1. The maximum atomic E-state index is 13.7. The zero-order valence-corrected chi connectivity index (χ0v) is 23.9. The van der Waals surface area contributed by atoms with Gasteiger partial charge in [0, 0.05) is 4.90 Å². The molecule has 6 nitrogen and oxygen atoms in total. The minimum Gasteiger partial charge on any atom is -0.493 e. The van der Waals surface area contributed by atoms with Gasteiger partial charge >= 0.3 is 5.97 Å². The molecule has 0 saturated carbocycles. The van der Waals surface area contributed by atoms with Crippen molar-refractivity contribution >= 4 is 51.1 Å². The number of benzene rings is 2. The number of esters is 1. The molecular formula is C27H27BrN2O4S2. The molecule has 1 atom stereocenters. The lowest BCUT2D eigenvalue weighted by Gasteiger charge is -2.25. The van der Waals surface area contributed by atoms with E-state index in [9.17, 15) is 9.59 Å². The molecule has 3 aromatic rings. The Morgan fingerprint density at radius 3 is 2.58 bits per heavy atom. The molecule has 0 amide bonds. The van der Waals surface area contributed by atoms with Crippen molar-refractivity contribution in [3.8, 4) is 5.75 Å². The number of allylic oxidation sites excluding steroid dienone is 1. The topological polar surface area (TPSA) is 69.9 Å². The molecule has 36 heavy (non-hydrogen) atoms. The number of carbonyl (C=O) groups is 1. The summed E-state index contributed by atoms with van der Waals surface area (Å²) in [6.07, 6.45) is 3.55. The first kappa shape index (κ1) is 26.4. The molecule has 4 rings (SSSR count). The Kier molecular flexibility index (Phi) is 8.22. The van der Waals surface area contributed by atoms with E-state index in [2.05, 4.69) is 20.9 Å². The van der Waals surface area contributed by atoms with Crippen molar-refractivity contribution in [2.24, 2.45) is 4.99 Å². The van der Waals surface area contributed by atoms with E-state index >= 15 is 0 Å². The van der Waals surface area contributed by atoms with Crippen LogP contribution in [-0.4, -0.2) is 29.5 Å². The lowest BCUT2D eigenvalue weighted by molar-refractivity contribution is -0.143. The van der Waals surface area contributed by atoms with Crippen LogP contribution in [0.5, 0.6) is 5.75 Å². The molecule has 0 fully saturated rings. The maximum Gasteiger partial charge on any atom is 0.338 e. The highest BCUT2D eigenvalue weighted by atomic mass is 79.9. The van der Waals surface area contributed by atoms with Crippen molar-refractivity contribution < 1.29 is 14.3 Å². The number of ether oxygens (including phenoxy) is 2. The summed E-state index contributed by atoms with van der Waals surface area (Å²) >= 11 is 6.48. The number of hydrogen-bond donors (Lipinski definition) is 0. The molecule has 188 valence electrons. The summed E-state index contributed by atoms with van der Waals surface area (Å²) < 4.78 is 14.1. The van der Waals surface area contributed by atoms with Gasteiger partial charge in [-0.1, -0.05) is 29.5 Å². The summed E-state index contributed by atoms with van der Waals surface area (Å²) in [6, 6.07) is 13.0. The lowest BCUT2D eigenvalue weighted by atomic mass is 9.96. The van der Waals surface area contributed by atoms with Gasteiger partial charge in [0.15, 0.2) is 4.80 Å². The van der Waals surface area contributed by atoms with Crippen molar-refractivity contribution in [3.05, 3.63) is 89.0 Å². The molecule has 0 unspecified atom stereocenters. The average molecular weight is 588 g/mol. The van der Waals surface area contributed by atoms with Gasteiger partial charge in [0.1, 0.15) is 5.75 Å². The fourth-order valence-corrected chi connectivity index (χ4v) is 5.96. The maximum absolute atomic E-state index is 13.7. The van der Waals surface area contributed by atoms with Crippen LogP contribution in [0.15, 0.2) is 72.9 Å². The molecule has 1 aliphatic rings. The van der Waals surface area contributed by atoms with Crippen LogP contribution in [0.1, 0.15) is 44.9 Å². The Morgan fingerprint density at radius 2 is 1.97 bits per heavy atom. The van der Waals surface area contributed by atoms with Crippen LogP contribution < -0.4 is 19.6 Å². The number of halogens is 1. The number of nitrogens with zero attached hydrogens (tertiary/aromatic N) is 2. The summed E-state index contributed by atoms with van der Waals surface area (Å²) in [6.45, 7) is 7.90. The molecule has 1 aliphatic heterocycles. The van der Waals surface area contributed by atoms with Gasteiger partial charge in [-0.3, -0.25) is 9.36 Å². The minimum absolute atomic E-state index is 0.204. The Morgan fingerprint density at radius 1 is 1.25 bits per heavy atom. The van der Waals surface area contributed by atoms with Crippen molar-refractivity contribution in [1.82, 2.24) is 4.57 Å². The van der Waals surface area contributed by atoms with E-state index in [-0.39, 0.29) is 11.7 Å². The van der Waals surface area contributed by atoms with Crippen LogP contribution >= 0.6 is 39.0 Å². The molecule has 0 saturated heterocycles. The summed E-state index contributed by atoms with van der Waals surface area (Å²) in [4.78, 5) is 33.2. The molecule has 2 heterocycles. The van der Waals surface area contributed by atoms with E-state index in [1.807, 2.05) is 61.7 Å². The third kappa shape index (κ3) is 5.38. The highest BCUT2D eigenvalue weighted by Crippen LogP contribution is 2.32. The highest BCUT2D eigenvalue weighted by molar-refractivity contribution is 9.10. The Balaban J connectivity index is 1.89. The molecule has 2 aromatic carbocycles. The predicted octanol–water partition coefficient (Wildman–Crippen LogP) is 5.07. The lowest BCUT2D eigenvalue weighted by Crippen LogP contribution is -2.40. The van der Waals surface area contributed by atoms with Crippen LogP contribution in [0.2, 0.25) is 0 Å². The van der Waals surface area contributed by atoms with Gasteiger partial charge in [0.25, 0.3) is 5.56 Å². The van der Waals surface area contributed by atoms with Gasteiger partial charge in [-0.15, -0.1) is 11.8 Å². The van der Waals surface area contributed by atoms with Crippen LogP contribution in [0, 0.1) is 0 Å². The SMILES string of the molecule is CCOc1ccc(/C=c2\sc3n(c2=O)[C@@H](c2ccc(SC)cc2)C(C(=O)OC(C)C)=C(C)N=3)cc1Br. The molecular weight excluding hydrogens is 560 g/mol. The predicted molar refractivity (Wildman–Crippen MR) is 149 cm³/mol. The molecule has 0 radical (unpaired) electrons. The van der Waals surface area contributed by atoms with E-state index in [4.69, 9.17) is 9.47 Å². The zero-order valence-electron chi connectivity index (χ0n) is 20.7. The minimum atomic E-state index is -0.627. The standard InChI is InChI=1S/C27H27BrN2O4S2/c1-6-33-21-12-7-17(13-20(21)28)14-22-25(31)30-24(18-8-10-19(35-5)11-9-18)23(26(32)34-15(2)3)16(4)29-27(30)36-22/h7-15,24H,6H2,1-5H3/b22-14-/t24-/m0/s1. The second kappa shape index (κ2) is 11.2. The number of fused-ring (bicyclic) bond motifs is 1. The van der Waals surface area contributed by atoms with Gasteiger partial charge < -0.3 is 9.47 Å². The van der Waals surface area contributed by atoms with Crippen LogP contribution in [0.4, 0.5) is 0 Å². The second-order valence-electron chi connectivity index (χ2n) is 8.43.